The zero-order chi connectivity index (χ0) is 16.4. The highest BCUT2D eigenvalue weighted by molar-refractivity contribution is 7.59. The molecule has 0 bridgehead atoms. The van der Waals surface area contributed by atoms with Crippen molar-refractivity contribution in [3.8, 4) is 0 Å². The second-order valence-corrected chi connectivity index (χ2v) is 14.4. The minimum Gasteiger partial charge on any atom is -0.317 e. The number of rotatable bonds is 12. The lowest BCUT2D eigenvalue weighted by Gasteiger charge is -2.26. The molecule has 0 aromatic heterocycles. The summed E-state index contributed by atoms with van der Waals surface area (Å²) in [4.78, 5) is 0. The van der Waals surface area contributed by atoms with E-state index in [4.69, 9.17) is 0 Å². The third-order valence-electron chi connectivity index (χ3n) is 4.19. The first-order valence-electron chi connectivity index (χ1n) is 8.99. The van der Waals surface area contributed by atoms with Gasteiger partial charge in [-0.1, -0.05) is 55.4 Å². The van der Waals surface area contributed by atoms with Gasteiger partial charge in [-0.25, -0.2) is 0 Å². The molecule has 21 heavy (non-hydrogen) atoms. The van der Waals surface area contributed by atoms with Crippen LogP contribution in [0.2, 0.25) is 0 Å². The van der Waals surface area contributed by atoms with Gasteiger partial charge in [-0.2, -0.15) is 0 Å². The molecule has 1 N–H and O–H groups in total. The topological polar surface area (TPSA) is 12.0 Å². The molecular weight excluding hydrogens is 292 g/mol. The van der Waals surface area contributed by atoms with Crippen molar-refractivity contribution in [1.82, 2.24) is 5.32 Å². The van der Waals surface area contributed by atoms with E-state index >= 15 is 0 Å². The van der Waals surface area contributed by atoms with Crippen LogP contribution >= 0.6 is 15.8 Å². The van der Waals surface area contributed by atoms with Gasteiger partial charge in [0, 0.05) is 0 Å². The summed E-state index contributed by atoms with van der Waals surface area (Å²) < 4.78 is 0. The van der Waals surface area contributed by atoms with Gasteiger partial charge < -0.3 is 5.32 Å². The van der Waals surface area contributed by atoms with Crippen molar-refractivity contribution < 1.29 is 0 Å². The Morgan fingerprint density at radius 2 is 0.857 bits per heavy atom. The molecule has 0 aliphatic carbocycles. The lowest BCUT2D eigenvalue weighted by Crippen LogP contribution is -2.20. The highest BCUT2D eigenvalue weighted by Crippen LogP contribution is 2.46. The summed E-state index contributed by atoms with van der Waals surface area (Å²) in [5, 5.41) is 3.67. The van der Waals surface area contributed by atoms with Crippen LogP contribution in [0.4, 0.5) is 0 Å². The Bertz CT molecular complexity index is 199. The fraction of sp³-hybridized carbons (Fsp3) is 1.00. The van der Waals surface area contributed by atoms with Gasteiger partial charge in [0.25, 0.3) is 0 Å². The monoisotopic (exact) mass is 333 g/mol. The van der Waals surface area contributed by atoms with Crippen LogP contribution in [0.25, 0.3) is 0 Å². The van der Waals surface area contributed by atoms with Crippen molar-refractivity contribution in [3.05, 3.63) is 0 Å². The quantitative estimate of drug-likeness (QED) is 0.343. The summed E-state index contributed by atoms with van der Waals surface area (Å²) in [6, 6.07) is 0. The van der Waals surface area contributed by atoms with E-state index in [9.17, 15) is 0 Å². The minimum absolute atomic E-state index is 0.232. The van der Waals surface area contributed by atoms with Crippen LogP contribution in [-0.2, 0) is 0 Å². The first-order chi connectivity index (χ1) is 9.77. The molecule has 0 rings (SSSR count). The van der Waals surface area contributed by atoms with Crippen molar-refractivity contribution in [2.24, 2.45) is 0 Å². The molecule has 0 radical (unpaired) electrons. The van der Waals surface area contributed by atoms with Crippen LogP contribution in [0.15, 0.2) is 0 Å². The van der Waals surface area contributed by atoms with Gasteiger partial charge in [-0.05, 0) is 60.9 Å². The van der Waals surface area contributed by atoms with Gasteiger partial charge in [0.1, 0.15) is 0 Å². The smallest absolute Gasteiger partial charge is 0.00456 e. The average molecular weight is 333 g/mol. The summed E-state index contributed by atoms with van der Waals surface area (Å²) in [6.45, 7) is 21.7. The van der Waals surface area contributed by atoms with Crippen molar-refractivity contribution in [1.29, 1.82) is 0 Å². The Labute approximate surface area is 137 Å². The Morgan fingerprint density at radius 1 is 0.571 bits per heavy atom. The molecule has 1 nitrogen and oxygen atoms in total. The maximum Gasteiger partial charge on any atom is -0.00456 e. The van der Waals surface area contributed by atoms with Crippen molar-refractivity contribution in [3.63, 3.8) is 0 Å². The average Bonchev–Trinajstić information content (AvgIpc) is 2.34. The van der Waals surface area contributed by atoms with Gasteiger partial charge >= 0.3 is 0 Å². The second-order valence-electron chi connectivity index (χ2n) is 7.31. The minimum atomic E-state index is 0.232. The summed E-state index contributed by atoms with van der Waals surface area (Å²) >= 11 is 0. The second kappa shape index (κ2) is 12.3. The molecule has 0 amide bonds. The van der Waals surface area contributed by atoms with E-state index in [1.165, 1.54) is 38.3 Å². The molecule has 0 saturated heterocycles. The van der Waals surface area contributed by atoms with Gasteiger partial charge in [-0.3, -0.25) is 0 Å². The number of nitrogens with one attached hydrogen (secondary N) is 1. The van der Waals surface area contributed by atoms with Gasteiger partial charge in [-0.15, -0.1) is 15.8 Å². The van der Waals surface area contributed by atoms with E-state index in [2.05, 4.69) is 60.7 Å². The van der Waals surface area contributed by atoms with Crippen LogP contribution in [0.5, 0.6) is 0 Å². The van der Waals surface area contributed by atoms with Gasteiger partial charge in [0.15, 0.2) is 0 Å². The van der Waals surface area contributed by atoms with E-state index in [0.717, 1.165) is 22.6 Å². The van der Waals surface area contributed by atoms with Crippen LogP contribution in [0.3, 0.4) is 0 Å². The standard InChI is InChI=1S/C18H41NP2/c1-15(2)20(16(3)4)13-9-11-19-12-10-14-21(17(5)6)18(7)8/h15-19H,9-14H2,1-8H3. The molecule has 0 aliphatic heterocycles. The van der Waals surface area contributed by atoms with Crippen molar-refractivity contribution in [2.45, 2.75) is 90.9 Å². The molecule has 3 heteroatoms. The van der Waals surface area contributed by atoms with Gasteiger partial charge in [0.05, 0.1) is 0 Å². The number of hydrogen-bond acceptors (Lipinski definition) is 1. The predicted molar refractivity (Wildman–Crippen MR) is 106 cm³/mol. The molecule has 0 atom stereocenters. The zero-order valence-corrected chi connectivity index (χ0v) is 17.7. The molecule has 0 spiro atoms. The maximum atomic E-state index is 3.67. The molecule has 0 aliphatic rings. The molecule has 0 saturated carbocycles. The molecule has 128 valence electrons. The summed E-state index contributed by atoms with van der Waals surface area (Å²) in [6.07, 6.45) is 5.63. The van der Waals surface area contributed by atoms with E-state index in [0.29, 0.717) is 0 Å². The van der Waals surface area contributed by atoms with E-state index in [1.807, 2.05) is 0 Å². The highest BCUT2D eigenvalue weighted by Gasteiger charge is 2.16. The lowest BCUT2D eigenvalue weighted by atomic mass is 10.4. The third kappa shape index (κ3) is 10.3. The van der Waals surface area contributed by atoms with Crippen LogP contribution in [0, 0.1) is 0 Å². The van der Waals surface area contributed by atoms with E-state index in [-0.39, 0.29) is 15.8 Å². The molecule has 0 fully saturated rings. The Kier molecular flexibility index (Phi) is 12.7. The lowest BCUT2D eigenvalue weighted by molar-refractivity contribution is 0.663. The normalized spacial score (nSPS) is 12.9. The summed E-state index contributed by atoms with van der Waals surface area (Å²) in [7, 11) is 0.465. The maximum absolute atomic E-state index is 3.67. The zero-order valence-electron chi connectivity index (χ0n) is 15.9. The van der Waals surface area contributed by atoms with E-state index in [1.54, 1.807) is 0 Å². The Morgan fingerprint density at radius 3 is 1.10 bits per heavy atom. The Hall–Kier alpha value is 0.820. The molecule has 0 unspecified atom stereocenters. The van der Waals surface area contributed by atoms with Crippen LogP contribution in [-0.4, -0.2) is 48.0 Å². The molecule has 0 heterocycles. The van der Waals surface area contributed by atoms with Crippen molar-refractivity contribution >= 4 is 15.8 Å². The Balaban J connectivity index is 3.68. The predicted octanol–water partition coefficient (Wildman–Crippen LogP) is 5.95. The SMILES string of the molecule is CC(C)P(CCCNCCCP(C(C)C)C(C)C)C(C)C. The highest BCUT2D eigenvalue weighted by atomic mass is 31.1. The first kappa shape index (κ1) is 21.8. The largest absolute Gasteiger partial charge is 0.317 e. The van der Waals surface area contributed by atoms with E-state index < -0.39 is 0 Å². The first-order valence-corrected chi connectivity index (χ1v) is 12.3. The fourth-order valence-corrected chi connectivity index (χ4v) is 8.62. The number of hydrogen-bond donors (Lipinski definition) is 1. The summed E-state index contributed by atoms with van der Waals surface area (Å²) in [5.41, 5.74) is 3.56. The molecular formula is C18H41NP2. The van der Waals surface area contributed by atoms with Crippen LogP contribution < -0.4 is 5.32 Å². The summed E-state index contributed by atoms with van der Waals surface area (Å²) in [5.74, 6) is 0. The van der Waals surface area contributed by atoms with Crippen molar-refractivity contribution in [2.75, 3.05) is 25.4 Å². The third-order valence-corrected chi connectivity index (χ3v) is 11.2. The molecule has 0 aromatic carbocycles. The van der Waals surface area contributed by atoms with Gasteiger partial charge in [0.2, 0.25) is 0 Å². The van der Waals surface area contributed by atoms with Crippen LogP contribution in [0.1, 0.15) is 68.2 Å². The fourth-order valence-electron chi connectivity index (χ4n) is 3.12. The molecule has 0 aromatic rings.